The second-order valence-corrected chi connectivity index (χ2v) is 5.11. The van der Waals surface area contributed by atoms with E-state index in [2.05, 4.69) is 13.8 Å². The van der Waals surface area contributed by atoms with Gasteiger partial charge in [-0.2, -0.15) is 0 Å². The Hall–Kier alpha value is -0.350. The van der Waals surface area contributed by atoms with Crippen LogP contribution in [0.5, 0.6) is 0 Å². The van der Waals surface area contributed by atoms with Crippen molar-refractivity contribution in [3.63, 3.8) is 0 Å². The van der Waals surface area contributed by atoms with Gasteiger partial charge in [0.25, 0.3) is 0 Å². The molecule has 1 aromatic rings. The predicted molar refractivity (Wildman–Crippen MR) is 75.7 cm³/mol. The van der Waals surface area contributed by atoms with Gasteiger partial charge in [0.15, 0.2) is 0 Å². The average Bonchev–Trinajstić information content (AvgIpc) is 2.28. The maximum atomic E-state index is 13.7. The Bertz CT molecular complexity index is 374. The van der Waals surface area contributed by atoms with Gasteiger partial charge in [-0.25, -0.2) is 4.39 Å². The van der Waals surface area contributed by atoms with Crippen LogP contribution in [0.4, 0.5) is 4.39 Å². The van der Waals surface area contributed by atoms with Crippen LogP contribution in [0.1, 0.15) is 38.3 Å². The van der Waals surface area contributed by atoms with Crippen LogP contribution in [0.25, 0.3) is 0 Å². The van der Waals surface area contributed by atoms with Gasteiger partial charge in [0, 0.05) is 5.56 Å². The minimum atomic E-state index is -0.745. The Balaban J connectivity index is 0.00000289. The predicted octanol–water partition coefficient (Wildman–Crippen LogP) is 3.70. The van der Waals surface area contributed by atoms with Crippen LogP contribution >= 0.6 is 24.0 Å². The van der Waals surface area contributed by atoms with E-state index in [4.69, 9.17) is 17.3 Å². The van der Waals surface area contributed by atoms with E-state index in [0.717, 1.165) is 6.42 Å². The highest BCUT2D eigenvalue weighted by Crippen LogP contribution is 2.25. The molecule has 0 radical (unpaired) electrons. The van der Waals surface area contributed by atoms with E-state index in [1.807, 2.05) is 0 Å². The standard InChI is InChI=1S/C13H19ClFNO.ClH/c1-8(2)6-7-11(17)13(16)9-4-3-5-10(14)12(9)15;/h3-5,8,11,13,17H,6-7,16H2,1-2H3;1H/t11-,13+;/m0./s1. The molecule has 5 heteroatoms. The fourth-order valence-corrected chi connectivity index (χ4v) is 1.85. The highest BCUT2D eigenvalue weighted by molar-refractivity contribution is 6.30. The lowest BCUT2D eigenvalue weighted by Gasteiger charge is -2.20. The van der Waals surface area contributed by atoms with Gasteiger partial charge in [-0.05, 0) is 24.8 Å². The molecule has 0 aliphatic heterocycles. The van der Waals surface area contributed by atoms with E-state index in [1.165, 1.54) is 6.07 Å². The molecule has 1 aromatic carbocycles. The number of rotatable bonds is 5. The van der Waals surface area contributed by atoms with Gasteiger partial charge < -0.3 is 10.8 Å². The molecular formula is C13H20Cl2FNO. The summed E-state index contributed by atoms with van der Waals surface area (Å²) in [6.45, 7) is 4.14. The lowest BCUT2D eigenvalue weighted by Crippen LogP contribution is -2.27. The van der Waals surface area contributed by atoms with Crippen LogP contribution < -0.4 is 5.73 Å². The Morgan fingerprint density at radius 2 is 1.94 bits per heavy atom. The number of nitrogens with two attached hydrogens (primary N) is 1. The summed E-state index contributed by atoms with van der Waals surface area (Å²) in [4.78, 5) is 0. The quantitative estimate of drug-likeness (QED) is 0.870. The third kappa shape index (κ3) is 4.73. The van der Waals surface area contributed by atoms with E-state index >= 15 is 0 Å². The molecule has 0 bridgehead atoms. The molecule has 0 spiro atoms. The van der Waals surface area contributed by atoms with Crippen molar-refractivity contribution in [2.45, 2.75) is 38.8 Å². The Labute approximate surface area is 119 Å². The Morgan fingerprint density at radius 3 is 2.50 bits per heavy atom. The van der Waals surface area contributed by atoms with Gasteiger partial charge in [0.1, 0.15) is 5.82 Å². The lowest BCUT2D eigenvalue weighted by molar-refractivity contribution is 0.127. The second kappa shape index (κ2) is 7.95. The van der Waals surface area contributed by atoms with Crippen LogP contribution in [-0.4, -0.2) is 11.2 Å². The average molecular weight is 296 g/mol. The van der Waals surface area contributed by atoms with Gasteiger partial charge in [0.2, 0.25) is 0 Å². The maximum Gasteiger partial charge on any atom is 0.146 e. The molecule has 1 rings (SSSR count). The van der Waals surface area contributed by atoms with Crippen LogP contribution in [0.15, 0.2) is 18.2 Å². The molecule has 2 atom stereocenters. The van der Waals surface area contributed by atoms with Gasteiger partial charge in [-0.1, -0.05) is 37.6 Å². The van der Waals surface area contributed by atoms with Gasteiger partial charge >= 0.3 is 0 Å². The van der Waals surface area contributed by atoms with Crippen molar-refractivity contribution in [1.29, 1.82) is 0 Å². The van der Waals surface area contributed by atoms with Gasteiger partial charge in [0.05, 0.1) is 17.2 Å². The third-order valence-electron chi connectivity index (χ3n) is 2.79. The number of halogens is 3. The van der Waals surface area contributed by atoms with Crippen LogP contribution in [0.2, 0.25) is 5.02 Å². The van der Waals surface area contributed by atoms with Crippen LogP contribution in [-0.2, 0) is 0 Å². The molecule has 0 amide bonds. The first-order chi connectivity index (χ1) is 7.93. The first-order valence-corrected chi connectivity index (χ1v) is 6.18. The highest BCUT2D eigenvalue weighted by atomic mass is 35.5. The molecule has 104 valence electrons. The van der Waals surface area contributed by atoms with Crippen molar-refractivity contribution in [2.75, 3.05) is 0 Å². The smallest absolute Gasteiger partial charge is 0.146 e. The lowest BCUT2D eigenvalue weighted by atomic mass is 9.96. The summed E-state index contributed by atoms with van der Waals surface area (Å²) in [5, 5.41) is 9.94. The minimum Gasteiger partial charge on any atom is -0.391 e. The van der Waals surface area contributed by atoms with E-state index in [1.54, 1.807) is 12.1 Å². The van der Waals surface area contributed by atoms with Crippen molar-refractivity contribution in [3.05, 3.63) is 34.6 Å². The summed E-state index contributed by atoms with van der Waals surface area (Å²) in [6, 6.07) is 3.93. The Morgan fingerprint density at radius 1 is 1.33 bits per heavy atom. The molecular weight excluding hydrogens is 276 g/mol. The zero-order valence-electron chi connectivity index (χ0n) is 10.6. The zero-order valence-corrected chi connectivity index (χ0v) is 12.1. The topological polar surface area (TPSA) is 46.2 Å². The van der Waals surface area contributed by atoms with Crippen molar-refractivity contribution in [2.24, 2.45) is 11.7 Å². The number of aliphatic hydroxyl groups excluding tert-OH is 1. The van der Waals surface area contributed by atoms with Crippen LogP contribution in [0, 0.1) is 11.7 Å². The van der Waals surface area contributed by atoms with Crippen molar-refractivity contribution < 1.29 is 9.50 Å². The summed E-state index contributed by atoms with van der Waals surface area (Å²) < 4.78 is 13.7. The van der Waals surface area contributed by atoms with E-state index in [-0.39, 0.29) is 23.0 Å². The second-order valence-electron chi connectivity index (χ2n) is 4.71. The first-order valence-electron chi connectivity index (χ1n) is 5.81. The van der Waals surface area contributed by atoms with Crippen molar-refractivity contribution in [3.8, 4) is 0 Å². The molecule has 0 aromatic heterocycles. The summed E-state index contributed by atoms with van der Waals surface area (Å²) >= 11 is 5.68. The fourth-order valence-electron chi connectivity index (χ4n) is 1.67. The number of hydrogen-bond acceptors (Lipinski definition) is 2. The fraction of sp³-hybridized carbons (Fsp3) is 0.538. The SMILES string of the molecule is CC(C)CC[C@H](O)[C@H](N)c1cccc(Cl)c1F.Cl. The third-order valence-corrected chi connectivity index (χ3v) is 3.09. The molecule has 3 N–H and O–H groups in total. The molecule has 0 unspecified atom stereocenters. The van der Waals surface area contributed by atoms with Crippen molar-refractivity contribution in [1.82, 2.24) is 0 Å². The van der Waals surface area contributed by atoms with Crippen LogP contribution in [0.3, 0.4) is 0 Å². The van der Waals surface area contributed by atoms with Crippen molar-refractivity contribution >= 4 is 24.0 Å². The molecule has 0 saturated heterocycles. The monoisotopic (exact) mass is 295 g/mol. The molecule has 0 heterocycles. The molecule has 0 aliphatic carbocycles. The summed E-state index contributed by atoms with van der Waals surface area (Å²) in [5.74, 6) is -0.0497. The molecule has 2 nitrogen and oxygen atoms in total. The van der Waals surface area contributed by atoms with Gasteiger partial charge in [-0.15, -0.1) is 12.4 Å². The molecule has 0 fully saturated rings. The van der Waals surface area contributed by atoms with Gasteiger partial charge in [-0.3, -0.25) is 0 Å². The van der Waals surface area contributed by atoms with E-state index in [0.29, 0.717) is 12.3 Å². The van der Waals surface area contributed by atoms with E-state index < -0.39 is 18.0 Å². The van der Waals surface area contributed by atoms with E-state index in [9.17, 15) is 9.50 Å². The molecule has 0 aliphatic rings. The summed E-state index contributed by atoms with van der Waals surface area (Å²) in [6.07, 6.45) is 0.673. The minimum absolute atomic E-state index is 0. The molecule has 18 heavy (non-hydrogen) atoms. The largest absolute Gasteiger partial charge is 0.391 e. The number of benzene rings is 1. The first kappa shape index (κ1) is 17.6. The summed E-state index contributed by atoms with van der Waals surface area (Å²) in [7, 11) is 0. The highest BCUT2D eigenvalue weighted by Gasteiger charge is 2.21. The number of aliphatic hydroxyl groups is 1. The zero-order chi connectivity index (χ0) is 13.0. The normalized spacial score (nSPS) is 14.2. The number of hydrogen-bond donors (Lipinski definition) is 2. The molecule has 0 saturated carbocycles. The maximum absolute atomic E-state index is 13.7. The Kier molecular flexibility index (Phi) is 7.79. The summed E-state index contributed by atoms with van der Waals surface area (Å²) in [5.41, 5.74) is 6.12.